The second-order valence-electron chi connectivity index (χ2n) is 5.32. The van der Waals surface area contributed by atoms with Crippen LogP contribution in [0.25, 0.3) is 0 Å². The van der Waals surface area contributed by atoms with Crippen molar-refractivity contribution < 1.29 is 0 Å². The number of rotatable bonds is 6. The van der Waals surface area contributed by atoms with Crippen molar-refractivity contribution in [2.75, 3.05) is 40.8 Å². The maximum absolute atomic E-state index is 6.39. The third-order valence-corrected chi connectivity index (χ3v) is 2.96. The van der Waals surface area contributed by atoms with E-state index in [4.69, 9.17) is 5.73 Å². The first-order chi connectivity index (χ1) is 7.92. The minimum absolute atomic E-state index is 0.289. The van der Waals surface area contributed by atoms with Crippen LogP contribution in [0.1, 0.15) is 12.5 Å². The van der Waals surface area contributed by atoms with Gasteiger partial charge in [0.15, 0.2) is 0 Å². The summed E-state index contributed by atoms with van der Waals surface area (Å²) in [6.07, 6.45) is 0. The summed E-state index contributed by atoms with van der Waals surface area (Å²) in [6.45, 7) is 5.05. The highest BCUT2D eigenvalue weighted by molar-refractivity contribution is 5.23. The van der Waals surface area contributed by atoms with Gasteiger partial charge >= 0.3 is 0 Å². The van der Waals surface area contributed by atoms with Crippen LogP contribution < -0.4 is 5.73 Å². The Kier molecular flexibility index (Phi) is 5.12. The first-order valence-corrected chi connectivity index (χ1v) is 6.09. The Morgan fingerprint density at radius 1 is 1.06 bits per heavy atom. The van der Waals surface area contributed by atoms with Crippen LogP contribution in [0.5, 0.6) is 0 Å². The maximum atomic E-state index is 6.39. The van der Waals surface area contributed by atoms with Crippen molar-refractivity contribution in [3.63, 3.8) is 0 Å². The Balaban J connectivity index is 2.54. The van der Waals surface area contributed by atoms with Crippen LogP contribution in [0.15, 0.2) is 30.3 Å². The predicted octanol–water partition coefficient (Wildman–Crippen LogP) is 1.35. The van der Waals surface area contributed by atoms with Gasteiger partial charge in [0.25, 0.3) is 0 Å². The fourth-order valence-corrected chi connectivity index (χ4v) is 1.92. The van der Waals surface area contributed by atoms with E-state index in [9.17, 15) is 0 Å². The number of hydrogen-bond donors (Lipinski definition) is 1. The first-order valence-electron chi connectivity index (χ1n) is 6.09. The maximum Gasteiger partial charge on any atom is 0.0509 e. The Morgan fingerprint density at radius 3 is 2.18 bits per heavy atom. The largest absolute Gasteiger partial charge is 0.321 e. The molecular weight excluding hydrogens is 210 g/mol. The van der Waals surface area contributed by atoms with Gasteiger partial charge in [0, 0.05) is 19.6 Å². The van der Waals surface area contributed by atoms with Gasteiger partial charge in [0.1, 0.15) is 0 Å². The van der Waals surface area contributed by atoms with E-state index in [2.05, 4.69) is 50.0 Å². The highest BCUT2D eigenvalue weighted by Gasteiger charge is 2.22. The lowest BCUT2D eigenvalue weighted by Crippen LogP contribution is -2.45. The fraction of sp³-hybridized carbons (Fsp3) is 0.571. The molecule has 1 aromatic rings. The van der Waals surface area contributed by atoms with E-state index in [0.717, 1.165) is 19.6 Å². The van der Waals surface area contributed by atoms with Gasteiger partial charge in [-0.05, 0) is 33.6 Å². The lowest BCUT2D eigenvalue weighted by atomic mass is 9.93. The van der Waals surface area contributed by atoms with Gasteiger partial charge in [-0.25, -0.2) is 0 Å². The van der Waals surface area contributed by atoms with Crippen molar-refractivity contribution >= 4 is 0 Å². The third-order valence-electron chi connectivity index (χ3n) is 2.96. The lowest BCUT2D eigenvalue weighted by molar-refractivity contribution is 0.234. The summed E-state index contributed by atoms with van der Waals surface area (Å²) < 4.78 is 0. The molecule has 0 aliphatic rings. The molecule has 3 nitrogen and oxygen atoms in total. The third kappa shape index (κ3) is 4.86. The molecule has 0 bridgehead atoms. The van der Waals surface area contributed by atoms with Gasteiger partial charge in [0.05, 0.1) is 5.54 Å². The topological polar surface area (TPSA) is 32.5 Å². The Morgan fingerprint density at radius 2 is 1.65 bits per heavy atom. The van der Waals surface area contributed by atoms with Crippen molar-refractivity contribution in [2.45, 2.75) is 12.5 Å². The average molecular weight is 235 g/mol. The van der Waals surface area contributed by atoms with E-state index in [-0.39, 0.29) is 5.54 Å². The van der Waals surface area contributed by atoms with Crippen molar-refractivity contribution in [1.82, 2.24) is 9.80 Å². The molecule has 96 valence electrons. The standard InChI is InChI=1S/C14H25N3/c1-14(15,13-8-6-5-7-9-13)12-17(4)11-10-16(2)3/h5-9H,10-12,15H2,1-4H3. The molecule has 0 aromatic heterocycles. The van der Waals surface area contributed by atoms with Crippen LogP contribution in [0.4, 0.5) is 0 Å². The van der Waals surface area contributed by atoms with Crippen LogP contribution in [0.3, 0.4) is 0 Å². The predicted molar refractivity (Wildman–Crippen MR) is 74.0 cm³/mol. The molecule has 1 aromatic carbocycles. The van der Waals surface area contributed by atoms with Gasteiger partial charge in [-0.3, -0.25) is 0 Å². The van der Waals surface area contributed by atoms with Crippen LogP contribution in [-0.2, 0) is 5.54 Å². The molecule has 0 spiro atoms. The highest BCUT2D eigenvalue weighted by Crippen LogP contribution is 2.17. The summed E-state index contributed by atoms with van der Waals surface area (Å²) in [5.74, 6) is 0. The molecule has 0 aliphatic heterocycles. The zero-order valence-electron chi connectivity index (χ0n) is 11.5. The number of benzene rings is 1. The van der Waals surface area contributed by atoms with Crippen LogP contribution in [0, 0.1) is 0 Å². The minimum atomic E-state index is -0.289. The van der Waals surface area contributed by atoms with Gasteiger partial charge in [-0.1, -0.05) is 30.3 Å². The van der Waals surface area contributed by atoms with E-state index in [1.165, 1.54) is 5.56 Å². The summed E-state index contributed by atoms with van der Waals surface area (Å²) >= 11 is 0. The van der Waals surface area contributed by atoms with Gasteiger partial charge in [-0.15, -0.1) is 0 Å². The monoisotopic (exact) mass is 235 g/mol. The van der Waals surface area contributed by atoms with Crippen molar-refractivity contribution in [2.24, 2.45) is 5.73 Å². The number of likely N-dealkylation sites (N-methyl/N-ethyl adjacent to an activating group) is 2. The van der Waals surface area contributed by atoms with Crippen LogP contribution in [-0.4, -0.2) is 50.6 Å². The van der Waals surface area contributed by atoms with Crippen LogP contribution >= 0.6 is 0 Å². The second-order valence-corrected chi connectivity index (χ2v) is 5.32. The molecule has 0 saturated heterocycles. The lowest BCUT2D eigenvalue weighted by Gasteiger charge is -2.31. The summed E-state index contributed by atoms with van der Waals surface area (Å²) in [4.78, 5) is 4.47. The normalized spacial score (nSPS) is 15.2. The number of nitrogens with two attached hydrogens (primary N) is 1. The molecule has 0 aliphatic carbocycles. The Bertz CT molecular complexity index is 319. The molecule has 0 saturated carbocycles. The molecule has 1 unspecified atom stereocenters. The molecule has 17 heavy (non-hydrogen) atoms. The molecule has 1 atom stereocenters. The molecule has 0 heterocycles. The molecule has 3 heteroatoms. The smallest absolute Gasteiger partial charge is 0.0509 e. The minimum Gasteiger partial charge on any atom is -0.321 e. The molecule has 0 amide bonds. The Hall–Kier alpha value is -0.900. The van der Waals surface area contributed by atoms with Gasteiger partial charge < -0.3 is 15.5 Å². The summed E-state index contributed by atoms with van der Waals surface area (Å²) in [5, 5.41) is 0. The summed E-state index contributed by atoms with van der Waals surface area (Å²) in [6, 6.07) is 10.3. The molecule has 0 fully saturated rings. The zero-order chi connectivity index (χ0) is 12.9. The van der Waals surface area contributed by atoms with Crippen molar-refractivity contribution in [3.8, 4) is 0 Å². The Labute approximate surface area is 105 Å². The fourth-order valence-electron chi connectivity index (χ4n) is 1.92. The number of hydrogen-bond acceptors (Lipinski definition) is 3. The molecule has 2 N–H and O–H groups in total. The average Bonchev–Trinajstić information content (AvgIpc) is 2.27. The first kappa shape index (κ1) is 14.2. The number of nitrogens with zero attached hydrogens (tertiary/aromatic N) is 2. The SMILES string of the molecule is CN(C)CCN(C)CC(C)(N)c1ccccc1. The van der Waals surface area contributed by atoms with E-state index < -0.39 is 0 Å². The van der Waals surface area contributed by atoms with Crippen LogP contribution in [0.2, 0.25) is 0 Å². The van der Waals surface area contributed by atoms with E-state index >= 15 is 0 Å². The van der Waals surface area contributed by atoms with Crippen molar-refractivity contribution in [3.05, 3.63) is 35.9 Å². The van der Waals surface area contributed by atoms with Crippen molar-refractivity contribution in [1.29, 1.82) is 0 Å². The van der Waals surface area contributed by atoms with E-state index in [1.807, 2.05) is 18.2 Å². The highest BCUT2D eigenvalue weighted by atomic mass is 15.2. The van der Waals surface area contributed by atoms with Gasteiger partial charge in [0.2, 0.25) is 0 Å². The molecule has 0 radical (unpaired) electrons. The summed E-state index contributed by atoms with van der Waals surface area (Å²) in [5.41, 5.74) is 7.29. The zero-order valence-corrected chi connectivity index (χ0v) is 11.5. The summed E-state index contributed by atoms with van der Waals surface area (Å²) in [7, 11) is 6.30. The van der Waals surface area contributed by atoms with E-state index in [0.29, 0.717) is 0 Å². The quantitative estimate of drug-likeness (QED) is 0.808. The second kappa shape index (κ2) is 6.15. The van der Waals surface area contributed by atoms with Gasteiger partial charge in [-0.2, -0.15) is 0 Å². The molecular formula is C14H25N3. The molecule has 1 rings (SSSR count). The van der Waals surface area contributed by atoms with E-state index in [1.54, 1.807) is 0 Å².